The highest BCUT2D eigenvalue weighted by molar-refractivity contribution is 9.10. The topological polar surface area (TPSA) is 45.4 Å². The summed E-state index contributed by atoms with van der Waals surface area (Å²) in [7, 11) is 0. The first-order chi connectivity index (χ1) is 7.79. The molecule has 1 aliphatic rings. The number of hydrogen-bond acceptors (Lipinski definition) is 3. The van der Waals surface area contributed by atoms with Gasteiger partial charge in [0.25, 0.3) is 0 Å². The maximum Gasteiger partial charge on any atom is 0.169 e. The van der Waals surface area contributed by atoms with Crippen LogP contribution >= 0.6 is 15.9 Å². The molecule has 0 amide bonds. The van der Waals surface area contributed by atoms with Crippen LogP contribution in [0.25, 0.3) is 0 Å². The summed E-state index contributed by atoms with van der Waals surface area (Å²) in [5.74, 6) is 1.59. The van der Waals surface area contributed by atoms with Crippen molar-refractivity contribution in [1.29, 1.82) is 0 Å². The quantitative estimate of drug-likeness (QED) is 0.875. The van der Waals surface area contributed by atoms with Crippen LogP contribution in [0.1, 0.15) is 31.4 Å². The molecule has 1 saturated carbocycles. The molecule has 1 aromatic rings. The van der Waals surface area contributed by atoms with Gasteiger partial charge in [0.2, 0.25) is 0 Å². The van der Waals surface area contributed by atoms with Gasteiger partial charge in [0.15, 0.2) is 4.67 Å². The van der Waals surface area contributed by atoms with Crippen LogP contribution in [0.2, 0.25) is 0 Å². The van der Waals surface area contributed by atoms with Crippen LogP contribution in [0.4, 0.5) is 0 Å². The molecule has 16 heavy (non-hydrogen) atoms. The Hall–Kier alpha value is -0.320. The predicted octanol–water partition coefficient (Wildman–Crippen LogP) is 2.68. The first kappa shape index (κ1) is 12.1. The molecule has 2 N–H and O–H groups in total. The van der Waals surface area contributed by atoms with E-state index in [1.165, 1.54) is 19.3 Å². The molecule has 0 unspecified atom stereocenters. The molecule has 0 spiro atoms. The molecule has 0 bridgehead atoms. The van der Waals surface area contributed by atoms with E-state index in [2.05, 4.69) is 21.2 Å². The van der Waals surface area contributed by atoms with E-state index in [0.29, 0.717) is 18.6 Å². The van der Waals surface area contributed by atoms with Crippen LogP contribution in [-0.4, -0.2) is 17.8 Å². The van der Waals surface area contributed by atoms with Crippen LogP contribution in [0.15, 0.2) is 21.2 Å². The Morgan fingerprint density at radius 1 is 1.44 bits per heavy atom. The van der Waals surface area contributed by atoms with E-state index >= 15 is 0 Å². The minimum absolute atomic E-state index is 0.301. The summed E-state index contributed by atoms with van der Waals surface area (Å²) in [6.07, 6.45) is 4.64. The van der Waals surface area contributed by atoms with Gasteiger partial charge in [-0.3, -0.25) is 0 Å². The molecule has 90 valence electrons. The van der Waals surface area contributed by atoms with Crippen molar-refractivity contribution in [2.75, 3.05) is 6.61 Å². The minimum Gasteiger partial charge on any atom is -0.453 e. The molecule has 4 heteroatoms. The van der Waals surface area contributed by atoms with Crippen molar-refractivity contribution in [2.24, 2.45) is 5.92 Å². The highest BCUT2D eigenvalue weighted by Crippen LogP contribution is 2.28. The van der Waals surface area contributed by atoms with E-state index in [9.17, 15) is 0 Å². The molecule has 0 aliphatic heterocycles. The average Bonchev–Trinajstić information content (AvgIpc) is 2.85. The third-order valence-corrected chi connectivity index (χ3v) is 3.75. The number of aliphatic hydroxyl groups is 1. The molecule has 2 atom stereocenters. The average molecular weight is 288 g/mol. The number of halogens is 1. The van der Waals surface area contributed by atoms with E-state index in [-0.39, 0.29) is 0 Å². The maximum atomic E-state index is 8.98. The van der Waals surface area contributed by atoms with E-state index in [0.717, 1.165) is 23.4 Å². The number of aliphatic hydroxyl groups excluding tert-OH is 1. The lowest BCUT2D eigenvalue weighted by Crippen LogP contribution is -2.32. The third kappa shape index (κ3) is 3.09. The van der Waals surface area contributed by atoms with Crippen LogP contribution < -0.4 is 5.32 Å². The van der Waals surface area contributed by atoms with Gasteiger partial charge in [-0.05, 0) is 53.2 Å². The van der Waals surface area contributed by atoms with Crippen LogP contribution in [0.3, 0.4) is 0 Å². The molecule has 0 radical (unpaired) electrons. The summed E-state index contributed by atoms with van der Waals surface area (Å²) >= 11 is 3.29. The third-order valence-electron chi connectivity index (χ3n) is 3.33. The SMILES string of the molecule is OCC[C@H]1CCC[C@@H]1NCc1ccc(Br)o1. The zero-order chi connectivity index (χ0) is 11.4. The highest BCUT2D eigenvalue weighted by atomic mass is 79.9. The Morgan fingerprint density at radius 2 is 2.31 bits per heavy atom. The summed E-state index contributed by atoms with van der Waals surface area (Å²) in [6.45, 7) is 1.08. The van der Waals surface area contributed by atoms with Crippen molar-refractivity contribution in [3.05, 3.63) is 22.6 Å². The number of nitrogens with one attached hydrogen (secondary N) is 1. The summed E-state index contributed by atoms with van der Waals surface area (Å²) in [4.78, 5) is 0. The molecule has 2 rings (SSSR count). The highest BCUT2D eigenvalue weighted by Gasteiger charge is 2.26. The second-order valence-corrected chi connectivity index (χ2v) is 5.18. The van der Waals surface area contributed by atoms with Gasteiger partial charge < -0.3 is 14.8 Å². The van der Waals surface area contributed by atoms with E-state index < -0.39 is 0 Å². The summed E-state index contributed by atoms with van der Waals surface area (Å²) in [6, 6.07) is 4.43. The van der Waals surface area contributed by atoms with Crippen molar-refractivity contribution in [1.82, 2.24) is 5.32 Å². The van der Waals surface area contributed by atoms with Crippen molar-refractivity contribution in [3.63, 3.8) is 0 Å². The molecule has 1 aliphatic carbocycles. The van der Waals surface area contributed by atoms with Crippen molar-refractivity contribution in [3.8, 4) is 0 Å². The molecule has 1 fully saturated rings. The standard InChI is InChI=1S/C12H18BrNO2/c13-12-5-4-10(16-12)8-14-11-3-1-2-9(11)6-7-15/h4-5,9,11,14-15H,1-3,6-8H2/t9-,11+/m1/s1. The first-order valence-electron chi connectivity index (χ1n) is 5.88. The zero-order valence-electron chi connectivity index (χ0n) is 9.29. The van der Waals surface area contributed by atoms with Gasteiger partial charge in [-0.1, -0.05) is 6.42 Å². The van der Waals surface area contributed by atoms with Gasteiger partial charge in [0, 0.05) is 12.6 Å². The fourth-order valence-corrected chi connectivity index (χ4v) is 2.84. The van der Waals surface area contributed by atoms with Gasteiger partial charge >= 0.3 is 0 Å². The van der Waals surface area contributed by atoms with Crippen molar-refractivity contribution in [2.45, 2.75) is 38.3 Å². The molecular weight excluding hydrogens is 270 g/mol. The Morgan fingerprint density at radius 3 is 3.00 bits per heavy atom. The number of hydrogen-bond donors (Lipinski definition) is 2. The Kier molecular flexibility index (Phi) is 4.44. The van der Waals surface area contributed by atoms with Crippen molar-refractivity contribution < 1.29 is 9.52 Å². The molecule has 1 aromatic heterocycles. The fourth-order valence-electron chi connectivity index (χ4n) is 2.50. The van der Waals surface area contributed by atoms with Gasteiger partial charge in [-0.2, -0.15) is 0 Å². The molecular formula is C12H18BrNO2. The Labute approximate surface area is 104 Å². The largest absolute Gasteiger partial charge is 0.453 e. The van der Waals surface area contributed by atoms with Crippen LogP contribution in [0.5, 0.6) is 0 Å². The maximum absolute atomic E-state index is 8.98. The summed E-state index contributed by atoms with van der Waals surface area (Å²) < 4.78 is 6.22. The zero-order valence-corrected chi connectivity index (χ0v) is 10.9. The monoisotopic (exact) mass is 287 g/mol. The smallest absolute Gasteiger partial charge is 0.169 e. The summed E-state index contributed by atoms with van der Waals surface area (Å²) in [5, 5.41) is 12.5. The number of rotatable bonds is 5. The predicted molar refractivity (Wildman–Crippen MR) is 66.1 cm³/mol. The molecule has 0 aromatic carbocycles. The summed E-state index contributed by atoms with van der Waals surface area (Å²) in [5.41, 5.74) is 0. The first-order valence-corrected chi connectivity index (χ1v) is 6.67. The van der Waals surface area contributed by atoms with E-state index in [4.69, 9.17) is 9.52 Å². The molecule has 1 heterocycles. The number of furan rings is 1. The van der Waals surface area contributed by atoms with Gasteiger partial charge in [-0.25, -0.2) is 0 Å². The van der Waals surface area contributed by atoms with E-state index in [1.54, 1.807) is 0 Å². The fraction of sp³-hybridized carbons (Fsp3) is 0.667. The second kappa shape index (κ2) is 5.84. The van der Waals surface area contributed by atoms with Gasteiger partial charge in [0.1, 0.15) is 5.76 Å². The normalized spacial score (nSPS) is 25.1. The minimum atomic E-state index is 0.301. The molecule has 3 nitrogen and oxygen atoms in total. The van der Waals surface area contributed by atoms with Gasteiger partial charge in [0.05, 0.1) is 6.54 Å². The van der Waals surface area contributed by atoms with Gasteiger partial charge in [-0.15, -0.1) is 0 Å². The Balaban J connectivity index is 1.80. The van der Waals surface area contributed by atoms with E-state index in [1.807, 2.05) is 12.1 Å². The Bertz CT molecular complexity index is 327. The lowest BCUT2D eigenvalue weighted by atomic mass is 10.00. The van der Waals surface area contributed by atoms with Crippen LogP contribution in [0, 0.1) is 5.92 Å². The molecule has 0 saturated heterocycles. The lowest BCUT2D eigenvalue weighted by Gasteiger charge is -2.19. The van der Waals surface area contributed by atoms with Crippen molar-refractivity contribution >= 4 is 15.9 Å². The van der Waals surface area contributed by atoms with Crippen LogP contribution in [-0.2, 0) is 6.54 Å². The lowest BCUT2D eigenvalue weighted by molar-refractivity contribution is 0.240. The second-order valence-electron chi connectivity index (χ2n) is 4.40.